The van der Waals surface area contributed by atoms with Crippen molar-refractivity contribution in [3.63, 3.8) is 0 Å². The summed E-state index contributed by atoms with van der Waals surface area (Å²) >= 11 is 3.40. The first-order valence-electron chi connectivity index (χ1n) is 5.35. The molecule has 0 spiro atoms. The van der Waals surface area contributed by atoms with Crippen LogP contribution in [0.5, 0.6) is 0 Å². The van der Waals surface area contributed by atoms with Gasteiger partial charge in [0.15, 0.2) is 0 Å². The van der Waals surface area contributed by atoms with Gasteiger partial charge in [-0.3, -0.25) is 4.79 Å². The summed E-state index contributed by atoms with van der Waals surface area (Å²) in [6.45, 7) is 2.94. The summed E-state index contributed by atoms with van der Waals surface area (Å²) in [7, 11) is 0. The molecular weight excluding hydrogens is 256 g/mol. The zero-order valence-corrected chi connectivity index (χ0v) is 9.96. The maximum Gasteiger partial charge on any atom is 0.251 e. The SMILES string of the molecule is O=c1cc(Br)cc2n1C[C@@H]1CNC[C@H]2C1. The number of piperidine rings is 1. The van der Waals surface area contributed by atoms with Crippen molar-refractivity contribution in [2.45, 2.75) is 18.9 Å². The number of nitrogens with zero attached hydrogens (tertiary/aromatic N) is 1. The van der Waals surface area contributed by atoms with Gasteiger partial charge in [0.1, 0.15) is 0 Å². The first-order valence-corrected chi connectivity index (χ1v) is 6.14. The Hall–Kier alpha value is -0.610. The average Bonchev–Trinajstić information content (AvgIpc) is 2.21. The molecular formula is C11H13BrN2O. The van der Waals surface area contributed by atoms with E-state index in [1.165, 1.54) is 12.1 Å². The minimum Gasteiger partial charge on any atom is -0.316 e. The summed E-state index contributed by atoms with van der Waals surface area (Å²) in [6, 6.07) is 3.76. The van der Waals surface area contributed by atoms with Crippen LogP contribution in [-0.4, -0.2) is 17.7 Å². The van der Waals surface area contributed by atoms with E-state index >= 15 is 0 Å². The Balaban J connectivity index is 2.17. The number of rotatable bonds is 0. The van der Waals surface area contributed by atoms with Crippen LogP contribution in [0.25, 0.3) is 0 Å². The Morgan fingerprint density at radius 1 is 1.40 bits per heavy atom. The zero-order chi connectivity index (χ0) is 10.4. The summed E-state index contributed by atoms with van der Waals surface area (Å²) < 4.78 is 2.85. The fourth-order valence-electron chi connectivity index (χ4n) is 2.77. The first kappa shape index (κ1) is 9.60. The third kappa shape index (κ3) is 1.56. The molecule has 1 aromatic rings. The van der Waals surface area contributed by atoms with E-state index in [0.717, 1.165) is 24.1 Å². The maximum absolute atomic E-state index is 11.8. The second kappa shape index (κ2) is 3.46. The molecule has 2 aliphatic heterocycles. The molecule has 1 N–H and O–H groups in total. The molecule has 4 heteroatoms. The molecule has 0 amide bonds. The van der Waals surface area contributed by atoms with Crippen LogP contribution in [0.2, 0.25) is 0 Å². The van der Waals surface area contributed by atoms with Gasteiger partial charge in [-0.15, -0.1) is 0 Å². The van der Waals surface area contributed by atoms with Crippen molar-refractivity contribution >= 4 is 15.9 Å². The Morgan fingerprint density at radius 2 is 2.27 bits per heavy atom. The van der Waals surface area contributed by atoms with Crippen LogP contribution in [0.1, 0.15) is 18.0 Å². The van der Waals surface area contributed by atoms with Gasteiger partial charge in [-0.1, -0.05) is 15.9 Å². The fourth-order valence-corrected chi connectivity index (χ4v) is 3.20. The van der Waals surface area contributed by atoms with E-state index in [9.17, 15) is 4.79 Å². The molecule has 3 heterocycles. The van der Waals surface area contributed by atoms with Crippen molar-refractivity contribution in [1.29, 1.82) is 0 Å². The molecule has 3 nitrogen and oxygen atoms in total. The van der Waals surface area contributed by atoms with Crippen LogP contribution in [0, 0.1) is 5.92 Å². The van der Waals surface area contributed by atoms with Crippen molar-refractivity contribution in [3.8, 4) is 0 Å². The topological polar surface area (TPSA) is 34.0 Å². The minimum atomic E-state index is 0.135. The third-order valence-electron chi connectivity index (χ3n) is 3.43. The highest BCUT2D eigenvalue weighted by Gasteiger charge is 2.30. The monoisotopic (exact) mass is 268 g/mol. The summed E-state index contributed by atoms with van der Waals surface area (Å²) in [5.74, 6) is 1.15. The molecule has 80 valence electrons. The summed E-state index contributed by atoms with van der Waals surface area (Å²) in [5.41, 5.74) is 1.33. The minimum absolute atomic E-state index is 0.135. The van der Waals surface area contributed by atoms with E-state index in [1.807, 2.05) is 4.57 Å². The van der Waals surface area contributed by atoms with Gasteiger partial charge in [-0.2, -0.15) is 0 Å². The van der Waals surface area contributed by atoms with Crippen LogP contribution < -0.4 is 10.9 Å². The second-order valence-corrected chi connectivity index (χ2v) is 5.42. The van der Waals surface area contributed by atoms with E-state index in [2.05, 4.69) is 27.3 Å². The van der Waals surface area contributed by atoms with Crippen molar-refractivity contribution < 1.29 is 0 Å². The number of fused-ring (bicyclic) bond motifs is 4. The van der Waals surface area contributed by atoms with Crippen molar-refractivity contribution in [3.05, 3.63) is 32.7 Å². The molecule has 1 aromatic heterocycles. The van der Waals surface area contributed by atoms with Gasteiger partial charge < -0.3 is 9.88 Å². The number of hydrogen-bond acceptors (Lipinski definition) is 2. The van der Waals surface area contributed by atoms with Gasteiger partial charge in [0, 0.05) is 35.2 Å². The molecule has 1 fully saturated rings. The van der Waals surface area contributed by atoms with E-state index in [1.54, 1.807) is 6.07 Å². The molecule has 15 heavy (non-hydrogen) atoms. The molecule has 1 saturated heterocycles. The molecule has 0 aliphatic carbocycles. The largest absolute Gasteiger partial charge is 0.316 e. The van der Waals surface area contributed by atoms with Gasteiger partial charge in [0.2, 0.25) is 0 Å². The highest BCUT2D eigenvalue weighted by molar-refractivity contribution is 9.10. The van der Waals surface area contributed by atoms with Gasteiger partial charge in [-0.05, 0) is 24.9 Å². The van der Waals surface area contributed by atoms with E-state index in [-0.39, 0.29) is 5.56 Å². The van der Waals surface area contributed by atoms with Crippen molar-refractivity contribution in [2.24, 2.45) is 5.92 Å². The Labute approximate surface area is 96.6 Å². The molecule has 2 aliphatic rings. The number of halogens is 1. The number of nitrogens with one attached hydrogen (secondary N) is 1. The van der Waals surface area contributed by atoms with Crippen LogP contribution in [-0.2, 0) is 6.54 Å². The maximum atomic E-state index is 11.8. The number of hydrogen-bond donors (Lipinski definition) is 1. The average molecular weight is 269 g/mol. The fraction of sp³-hybridized carbons (Fsp3) is 0.545. The van der Waals surface area contributed by atoms with Gasteiger partial charge in [-0.25, -0.2) is 0 Å². The highest BCUT2D eigenvalue weighted by Crippen LogP contribution is 2.32. The lowest BCUT2D eigenvalue weighted by Crippen LogP contribution is -2.44. The molecule has 2 bridgehead atoms. The quantitative estimate of drug-likeness (QED) is 0.770. The molecule has 0 aromatic carbocycles. The Kier molecular flexibility index (Phi) is 2.21. The normalized spacial score (nSPS) is 28.6. The van der Waals surface area contributed by atoms with Crippen LogP contribution in [0.3, 0.4) is 0 Å². The molecule has 0 radical (unpaired) electrons. The van der Waals surface area contributed by atoms with Crippen LogP contribution in [0.4, 0.5) is 0 Å². The third-order valence-corrected chi connectivity index (χ3v) is 3.88. The molecule has 0 saturated carbocycles. The zero-order valence-electron chi connectivity index (χ0n) is 8.37. The smallest absolute Gasteiger partial charge is 0.251 e. The predicted molar refractivity (Wildman–Crippen MR) is 62.1 cm³/mol. The summed E-state index contributed by atoms with van der Waals surface area (Å²) in [5, 5.41) is 3.44. The van der Waals surface area contributed by atoms with E-state index < -0.39 is 0 Å². The predicted octanol–water partition coefficient (Wildman–Crippen LogP) is 1.32. The van der Waals surface area contributed by atoms with E-state index in [4.69, 9.17) is 0 Å². The Morgan fingerprint density at radius 3 is 3.13 bits per heavy atom. The summed E-state index contributed by atoms with van der Waals surface area (Å²) in [6.07, 6.45) is 1.23. The van der Waals surface area contributed by atoms with Crippen molar-refractivity contribution in [2.75, 3.05) is 13.1 Å². The van der Waals surface area contributed by atoms with E-state index in [0.29, 0.717) is 11.8 Å². The standard InChI is InChI=1S/C11H13BrN2O/c12-9-2-10-8-1-7(4-13-5-8)6-14(10)11(15)3-9/h2-3,7-8,13H,1,4-6H2/t7-,8+/m0/s1. The summed E-state index contributed by atoms with van der Waals surface area (Å²) in [4.78, 5) is 11.8. The van der Waals surface area contributed by atoms with Gasteiger partial charge >= 0.3 is 0 Å². The lowest BCUT2D eigenvalue weighted by Gasteiger charge is -2.37. The second-order valence-electron chi connectivity index (χ2n) is 4.50. The van der Waals surface area contributed by atoms with Gasteiger partial charge in [0.25, 0.3) is 5.56 Å². The molecule has 2 atom stereocenters. The first-order chi connectivity index (χ1) is 7.24. The lowest BCUT2D eigenvalue weighted by atomic mass is 9.84. The number of aromatic nitrogens is 1. The van der Waals surface area contributed by atoms with Gasteiger partial charge in [0.05, 0.1) is 0 Å². The number of pyridine rings is 1. The van der Waals surface area contributed by atoms with Crippen molar-refractivity contribution in [1.82, 2.24) is 9.88 Å². The Bertz CT molecular complexity index is 454. The molecule has 0 unspecified atom stereocenters. The highest BCUT2D eigenvalue weighted by atomic mass is 79.9. The lowest BCUT2D eigenvalue weighted by molar-refractivity contribution is 0.257. The van der Waals surface area contributed by atoms with Crippen LogP contribution >= 0.6 is 15.9 Å². The molecule has 3 rings (SSSR count). The van der Waals surface area contributed by atoms with Crippen LogP contribution in [0.15, 0.2) is 21.4 Å².